The van der Waals surface area contributed by atoms with Gasteiger partial charge >= 0.3 is 0 Å². The van der Waals surface area contributed by atoms with Gasteiger partial charge < -0.3 is 16.0 Å². The molecule has 3 rings (SSSR count). The van der Waals surface area contributed by atoms with E-state index < -0.39 is 0 Å². The summed E-state index contributed by atoms with van der Waals surface area (Å²) < 4.78 is 0. The molecule has 0 spiro atoms. The molecule has 1 aromatic heterocycles. The molecule has 0 saturated carbocycles. The number of nitrogens with zero attached hydrogens (tertiary/aromatic N) is 3. The third-order valence-electron chi connectivity index (χ3n) is 3.82. The van der Waals surface area contributed by atoms with Crippen LogP contribution in [0.2, 0.25) is 0 Å². The number of nitrogens with one attached hydrogen (secondary N) is 3. The summed E-state index contributed by atoms with van der Waals surface area (Å²) in [4.78, 5) is 32.1. The summed E-state index contributed by atoms with van der Waals surface area (Å²) in [7, 11) is 0. The molecule has 2 amide bonds. The molecule has 0 saturated heterocycles. The highest BCUT2D eigenvalue weighted by Crippen LogP contribution is 2.19. The second-order valence-corrected chi connectivity index (χ2v) is 6.21. The lowest BCUT2D eigenvalue weighted by molar-refractivity contribution is -0.114. The lowest BCUT2D eigenvalue weighted by Crippen LogP contribution is -2.15. The van der Waals surface area contributed by atoms with Gasteiger partial charge in [-0.1, -0.05) is 0 Å². The predicted molar refractivity (Wildman–Crippen MR) is 110 cm³/mol. The van der Waals surface area contributed by atoms with Crippen molar-refractivity contribution >= 4 is 34.7 Å². The van der Waals surface area contributed by atoms with Crippen LogP contribution in [-0.2, 0) is 4.79 Å². The summed E-state index contributed by atoms with van der Waals surface area (Å²) in [5.41, 5.74) is 2.71. The zero-order valence-corrected chi connectivity index (χ0v) is 15.9. The Kier molecular flexibility index (Phi) is 5.80. The van der Waals surface area contributed by atoms with Crippen LogP contribution in [0.25, 0.3) is 0 Å². The fraction of sp³-hybridized carbons (Fsp3) is 0.0952. The molecule has 0 radical (unpaired) electrons. The van der Waals surface area contributed by atoms with E-state index in [9.17, 15) is 9.59 Å². The van der Waals surface area contributed by atoms with E-state index >= 15 is 0 Å². The Hall–Kier alpha value is -4.25. The monoisotopic (exact) mass is 386 g/mol. The zero-order valence-electron chi connectivity index (χ0n) is 15.9. The Morgan fingerprint density at radius 3 is 2.10 bits per heavy atom. The van der Waals surface area contributed by atoms with Crippen LogP contribution >= 0.6 is 0 Å². The average molecular weight is 386 g/mol. The summed E-state index contributed by atoms with van der Waals surface area (Å²) in [6.07, 6.45) is 0. The minimum Gasteiger partial charge on any atom is -0.340 e. The molecule has 2 aromatic carbocycles. The summed E-state index contributed by atoms with van der Waals surface area (Å²) in [6.45, 7) is 3.14. The van der Waals surface area contributed by atoms with Crippen LogP contribution in [0, 0.1) is 18.3 Å². The van der Waals surface area contributed by atoms with Crippen LogP contribution < -0.4 is 16.0 Å². The van der Waals surface area contributed by atoms with E-state index in [1.54, 1.807) is 61.5 Å². The lowest BCUT2D eigenvalue weighted by Gasteiger charge is -2.10. The molecule has 0 aliphatic heterocycles. The molecule has 8 nitrogen and oxygen atoms in total. The zero-order chi connectivity index (χ0) is 20.8. The van der Waals surface area contributed by atoms with E-state index in [1.165, 1.54) is 6.92 Å². The van der Waals surface area contributed by atoms with E-state index in [2.05, 4.69) is 25.9 Å². The van der Waals surface area contributed by atoms with Gasteiger partial charge in [-0.3, -0.25) is 9.59 Å². The average Bonchev–Trinajstić information content (AvgIpc) is 2.69. The Labute approximate surface area is 167 Å². The number of benzene rings is 2. The number of nitriles is 1. The molecule has 0 fully saturated rings. The highest BCUT2D eigenvalue weighted by atomic mass is 16.2. The van der Waals surface area contributed by atoms with Crippen molar-refractivity contribution in [1.29, 1.82) is 5.26 Å². The Bertz CT molecular complexity index is 1090. The molecule has 29 heavy (non-hydrogen) atoms. The second kappa shape index (κ2) is 8.63. The number of hydrogen-bond donors (Lipinski definition) is 3. The summed E-state index contributed by atoms with van der Waals surface area (Å²) >= 11 is 0. The number of aryl methyl sites for hydroxylation is 1. The Morgan fingerprint density at radius 2 is 1.48 bits per heavy atom. The predicted octanol–water partition coefficient (Wildman–Crippen LogP) is 3.61. The standard InChI is InChI=1S/C21H18N6O2/c1-13-23-19(21(29)27-18-5-3-15(12-22)4-6-18)11-20(24-13)26-17-9-7-16(8-10-17)25-14(2)28/h3-11H,1-2H3,(H,25,28)(H,27,29)(H,23,24,26). The van der Waals surface area contributed by atoms with Crippen LogP contribution in [-0.4, -0.2) is 21.8 Å². The van der Waals surface area contributed by atoms with E-state index in [0.717, 1.165) is 5.69 Å². The largest absolute Gasteiger partial charge is 0.340 e. The van der Waals surface area contributed by atoms with Crippen molar-refractivity contribution in [2.45, 2.75) is 13.8 Å². The number of rotatable bonds is 5. The van der Waals surface area contributed by atoms with Gasteiger partial charge in [-0.05, 0) is 55.5 Å². The van der Waals surface area contributed by atoms with Crippen molar-refractivity contribution in [3.63, 3.8) is 0 Å². The fourth-order valence-corrected chi connectivity index (χ4v) is 2.56. The fourth-order valence-electron chi connectivity index (χ4n) is 2.56. The van der Waals surface area contributed by atoms with Crippen molar-refractivity contribution in [2.24, 2.45) is 0 Å². The normalized spacial score (nSPS) is 9.97. The van der Waals surface area contributed by atoms with Crippen molar-refractivity contribution in [3.8, 4) is 6.07 Å². The SMILES string of the molecule is CC(=O)Nc1ccc(Nc2cc(C(=O)Nc3ccc(C#N)cc3)nc(C)n2)cc1. The minimum absolute atomic E-state index is 0.143. The summed E-state index contributed by atoms with van der Waals surface area (Å²) in [6, 6.07) is 17.2. The number of carbonyl (C=O) groups is 2. The van der Waals surface area contributed by atoms with Gasteiger partial charge in [0.15, 0.2) is 0 Å². The number of hydrogen-bond acceptors (Lipinski definition) is 6. The van der Waals surface area contributed by atoms with Gasteiger partial charge in [0.25, 0.3) is 5.91 Å². The van der Waals surface area contributed by atoms with E-state index in [1.807, 2.05) is 6.07 Å². The lowest BCUT2D eigenvalue weighted by atomic mass is 10.2. The molecular formula is C21H18N6O2. The van der Waals surface area contributed by atoms with Crippen LogP contribution in [0.15, 0.2) is 54.6 Å². The van der Waals surface area contributed by atoms with Gasteiger partial charge in [-0.25, -0.2) is 9.97 Å². The highest BCUT2D eigenvalue weighted by molar-refractivity contribution is 6.03. The summed E-state index contributed by atoms with van der Waals surface area (Å²) in [5.74, 6) is 0.379. The molecule has 144 valence electrons. The first-order chi connectivity index (χ1) is 13.9. The second-order valence-electron chi connectivity index (χ2n) is 6.21. The van der Waals surface area contributed by atoms with E-state index in [-0.39, 0.29) is 17.5 Å². The molecule has 3 aromatic rings. The van der Waals surface area contributed by atoms with Crippen molar-refractivity contribution in [3.05, 3.63) is 71.7 Å². The molecule has 1 heterocycles. The van der Waals surface area contributed by atoms with Gasteiger partial charge in [0.05, 0.1) is 11.6 Å². The molecule has 0 unspecified atom stereocenters. The molecule has 0 bridgehead atoms. The third kappa shape index (κ3) is 5.37. The maximum Gasteiger partial charge on any atom is 0.274 e. The van der Waals surface area contributed by atoms with Gasteiger partial charge in [-0.2, -0.15) is 5.26 Å². The summed E-state index contributed by atoms with van der Waals surface area (Å²) in [5, 5.41) is 17.4. The quantitative estimate of drug-likeness (QED) is 0.616. The number of anilines is 4. The molecule has 3 N–H and O–H groups in total. The van der Waals surface area contributed by atoms with Gasteiger partial charge in [-0.15, -0.1) is 0 Å². The highest BCUT2D eigenvalue weighted by Gasteiger charge is 2.11. The van der Waals surface area contributed by atoms with Crippen LogP contribution in [0.5, 0.6) is 0 Å². The maximum atomic E-state index is 12.5. The Balaban J connectivity index is 1.74. The van der Waals surface area contributed by atoms with Gasteiger partial charge in [0.2, 0.25) is 5.91 Å². The molecule has 0 atom stereocenters. The van der Waals surface area contributed by atoms with Gasteiger partial charge in [0, 0.05) is 30.1 Å². The number of aromatic nitrogens is 2. The Morgan fingerprint density at radius 1 is 0.897 bits per heavy atom. The number of carbonyl (C=O) groups excluding carboxylic acids is 2. The van der Waals surface area contributed by atoms with E-state index in [4.69, 9.17) is 5.26 Å². The smallest absolute Gasteiger partial charge is 0.274 e. The first-order valence-corrected chi connectivity index (χ1v) is 8.75. The van der Waals surface area contributed by atoms with Crippen LogP contribution in [0.3, 0.4) is 0 Å². The van der Waals surface area contributed by atoms with Crippen LogP contribution in [0.4, 0.5) is 22.9 Å². The van der Waals surface area contributed by atoms with Gasteiger partial charge in [0.1, 0.15) is 17.3 Å². The topological polar surface area (TPSA) is 120 Å². The first kappa shape index (κ1) is 19.5. The molecule has 0 aliphatic rings. The van der Waals surface area contributed by atoms with E-state index in [0.29, 0.717) is 28.6 Å². The van der Waals surface area contributed by atoms with Crippen molar-refractivity contribution < 1.29 is 9.59 Å². The third-order valence-corrected chi connectivity index (χ3v) is 3.82. The molecule has 0 aliphatic carbocycles. The molecular weight excluding hydrogens is 368 g/mol. The maximum absolute atomic E-state index is 12.5. The first-order valence-electron chi connectivity index (χ1n) is 8.75. The van der Waals surface area contributed by atoms with Crippen LogP contribution in [0.1, 0.15) is 28.8 Å². The minimum atomic E-state index is -0.385. The van der Waals surface area contributed by atoms with Crippen molar-refractivity contribution in [1.82, 2.24) is 9.97 Å². The van der Waals surface area contributed by atoms with Crippen molar-refractivity contribution in [2.75, 3.05) is 16.0 Å². The molecule has 8 heteroatoms. The number of amides is 2.